The molecule has 0 saturated heterocycles. The van der Waals surface area contributed by atoms with Gasteiger partial charge in [-0.05, 0) is 85.1 Å². The molecule has 0 aliphatic carbocycles. The van der Waals surface area contributed by atoms with Gasteiger partial charge in [-0.1, -0.05) is 76.9 Å². The van der Waals surface area contributed by atoms with Gasteiger partial charge >= 0.3 is 0 Å². The molecule has 0 aliphatic rings. The number of carbonyl (C=O) groups is 2. The van der Waals surface area contributed by atoms with Crippen molar-refractivity contribution in [3.8, 4) is 5.75 Å². The van der Waals surface area contributed by atoms with Gasteiger partial charge in [0, 0.05) is 28.5 Å². The summed E-state index contributed by atoms with van der Waals surface area (Å²) in [5.41, 5.74) is 1.89. The number of methoxy groups -OCH3 is 1. The highest BCUT2D eigenvalue weighted by Crippen LogP contribution is 2.27. The summed E-state index contributed by atoms with van der Waals surface area (Å²) in [7, 11) is -2.75. The topological polar surface area (TPSA) is 96.0 Å². The molecule has 8 nitrogen and oxygen atoms in total. The van der Waals surface area contributed by atoms with Crippen molar-refractivity contribution in [2.75, 3.05) is 18.0 Å². The summed E-state index contributed by atoms with van der Waals surface area (Å²) in [5, 5.41) is 3.45. The summed E-state index contributed by atoms with van der Waals surface area (Å²) < 4.78 is 35.4. The lowest BCUT2D eigenvalue weighted by Gasteiger charge is -2.34. The first-order valence-corrected chi connectivity index (χ1v) is 17.4. The van der Waals surface area contributed by atoms with Crippen LogP contribution in [-0.4, -0.2) is 50.9 Å². The fourth-order valence-electron chi connectivity index (χ4n) is 4.79. The Labute approximate surface area is 284 Å². The van der Waals surface area contributed by atoms with Crippen LogP contribution in [-0.2, 0) is 32.6 Å². The maximum atomic E-state index is 14.5. The third kappa shape index (κ3) is 9.11. The predicted molar refractivity (Wildman–Crippen MR) is 185 cm³/mol. The molecular weight excluding hydrogens is 690 g/mol. The molecule has 0 heterocycles. The Balaban J connectivity index is 1.80. The first-order chi connectivity index (χ1) is 22.0. The van der Waals surface area contributed by atoms with Crippen LogP contribution in [0.15, 0.2) is 112 Å². The number of ether oxygens (including phenoxy) is 1. The molecule has 0 bridgehead atoms. The zero-order chi connectivity index (χ0) is 33.3. The lowest BCUT2D eigenvalue weighted by Crippen LogP contribution is -2.54. The van der Waals surface area contributed by atoms with E-state index in [2.05, 4.69) is 21.2 Å². The number of amides is 2. The first kappa shape index (κ1) is 35.0. The minimum atomic E-state index is -4.25. The largest absolute Gasteiger partial charge is 0.497 e. The van der Waals surface area contributed by atoms with Gasteiger partial charge in [-0.25, -0.2) is 8.42 Å². The van der Waals surface area contributed by atoms with Crippen molar-refractivity contribution in [2.24, 2.45) is 0 Å². The highest BCUT2D eigenvalue weighted by atomic mass is 79.9. The van der Waals surface area contributed by atoms with Crippen LogP contribution < -0.4 is 14.4 Å². The van der Waals surface area contributed by atoms with Crippen molar-refractivity contribution in [1.82, 2.24) is 10.2 Å². The second-order valence-corrected chi connectivity index (χ2v) is 14.0. The number of hydrogen-bond acceptors (Lipinski definition) is 5. The smallest absolute Gasteiger partial charge is 0.264 e. The Morgan fingerprint density at radius 2 is 1.52 bits per heavy atom. The third-order valence-corrected chi connectivity index (χ3v) is 10.1. The number of hydrogen-bond donors (Lipinski definition) is 1. The Morgan fingerprint density at radius 3 is 2.11 bits per heavy atom. The van der Waals surface area contributed by atoms with E-state index in [0.717, 1.165) is 19.9 Å². The van der Waals surface area contributed by atoms with Gasteiger partial charge in [-0.15, -0.1) is 0 Å². The summed E-state index contributed by atoms with van der Waals surface area (Å²) in [5.74, 6) is -0.375. The summed E-state index contributed by atoms with van der Waals surface area (Å²) in [6.45, 7) is 3.39. The SMILES string of the molecule is CC[C@@H](C)NC(=O)[C@H](Cc1ccccc1)N(Cc1ccc(Br)cc1)C(=O)CN(c1ccc(Cl)cc1)S(=O)(=O)c1ccc(OC)cc1. The quantitative estimate of drug-likeness (QED) is 0.153. The number of benzene rings is 4. The van der Waals surface area contributed by atoms with Gasteiger partial charge < -0.3 is 15.0 Å². The Bertz CT molecular complexity index is 1700. The molecule has 4 aromatic carbocycles. The van der Waals surface area contributed by atoms with Gasteiger partial charge in [0.2, 0.25) is 11.8 Å². The van der Waals surface area contributed by atoms with Crippen LogP contribution in [0.2, 0.25) is 5.02 Å². The van der Waals surface area contributed by atoms with Crippen LogP contribution in [0.5, 0.6) is 5.75 Å². The van der Waals surface area contributed by atoms with E-state index in [1.54, 1.807) is 36.4 Å². The molecule has 2 amide bonds. The lowest BCUT2D eigenvalue weighted by molar-refractivity contribution is -0.140. The molecule has 0 spiro atoms. The molecule has 0 fully saturated rings. The normalized spacial score (nSPS) is 12.5. The van der Waals surface area contributed by atoms with Crippen molar-refractivity contribution in [3.63, 3.8) is 0 Å². The molecule has 0 aromatic heterocycles. The zero-order valence-corrected chi connectivity index (χ0v) is 29.1. The molecule has 4 aromatic rings. The van der Waals surface area contributed by atoms with E-state index < -0.39 is 28.5 Å². The number of rotatable bonds is 14. The molecule has 4 rings (SSSR count). The van der Waals surface area contributed by atoms with E-state index >= 15 is 0 Å². The van der Waals surface area contributed by atoms with Gasteiger partial charge in [-0.3, -0.25) is 13.9 Å². The van der Waals surface area contributed by atoms with Gasteiger partial charge in [0.1, 0.15) is 18.3 Å². The fourth-order valence-corrected chi connectivity index (χ4v) is 6.60. The van der Waals surface area contributed by atoms with Gasteiger partial charge in [0.25, 0.3) is 10.0 Å². The van der Waals surface area contributed by atoms with E-state index in [-0.39, 0.29) is 35.5 Å². The van der Waals surface area contributed by atoms with Crippen molar-refractivity contribution in [3.05, 3.63) is 124 Å². The van der Waals surface area contributed by atoms with Gasteiger partial charge in [0.15, 0.2) is 0 Å². The molecule has 2 atom stereocenters. The van der Waals surface area contributed by atoms with E-state index in [1.165, 1.54) is 24.1 Å². The maximum absolute atomic E-state index is 14.5. The van der Waals surface area contributed by atoms with E-state index in [4.69, 9.17) is 16.3 Å². The van der Waals surface area contributed by atoms with Crippen LogP contribution in [0, 0.1) is 0 Å². The molecule has 1 N–H and O–H groups in total. The summed E-state index contributed by atoms with van der Waals surface area (Å²) >= 11 is 9.59. The molecule has 0 saturated carbocycles. The van der Waals surface area contributed by atoms with Gasteiger partial charge in [-0.2, -0.15) is 0 Å². The molecule has 11 heteroatoms. The summed E-state index contributed by atoms with van der Waals surface area (Å²) in [4.78, 5) is 29.9. The molecule has 46 heavy (non-hydrogen) atoms. The molecular formula is C35H37BrClN3O5S. The van der Waals surface area contributed by atoms with E-state index in [0.29, 0.717) is 17.2 Å². The number of nitrogens with one attached hydrogen (secondary N) is 1. The Hall–Kier alpha value is -3.86. The fraction of sp³-hybridized carbons (Fsp3) is 0.257. The molecule has 0 unspecified atom stereocenters. The average molecular weight is 727 g/mol. The molecule has 0 radical (unpaired) electrons. The summed E-state index contributed by atoms with van der Waals surface area (Å²) in [6.07, 6.45) is 0.937. The number of carbonyl (C=O) groups excluding carboxylic acids is 2. The van der Waals surface area contributed by atoms with Crippen molar-refractivity contribution in [1.29, 1.82) is 0 Å². The van der Waals surface area contributed by atoms with Gasteiger partial charge in [0.05, 0.1) is 17.7 Å². The summed E-state index contributed by atoms with van der Waals surface area (Å²) in [6, 6.07) is 28.0. The van der Waals surface area contributed by atoms with Crippen LogP contribution in [0.3, 0.4) is 0 Å². The number of nitrogens with zero attached hydrogens (tertiary/aromatic N) is 2. The van der Waals surface area contributed by atoms with E-state index in [9.17, 15) is 18.0 Å². The number of halogens is 2. The highest BCUT2D eigenvalue weighted by molar-refractivity contribution is 9.10. The first-order valence-electron chi connectivity index (χ1n) is 14.8. The second-order valence-electron chi connectivity index (χ2n) is 10.8. The van der Waals surface area contributed by atoms with Crippen molar-refractivity contribution >= 4 is 55.1 Å². The van der Waals surface area contributed by atoms with Crippen LogP contribution in [0.1, 0.15) is 31.4 Å². The van der Waals surface area contributed by atoms with Crippen molar-refractivity contribution < 1.29 is 22.7 Å². The zero-order valence-electron chi connectivity index (χ0n) is 25.9. The van der Waals surface area contributed by atoms with Crippen LogP contribution in [0.4, 0.5) is 5.69 Å². The van der Waals surface area contributed by atoms with E-state index in [1.807, 2.05) is 68.4 Å². The minimum absolute atomic E-state index is 0.0224. The Kier molecular flexibility index (Phi) is 12.3. The monoisotopic (exact) mass is 725 g/mol. The van der Waals surface area contributed by atoms with Crippen LogP contribution in [0.25, 0.3) is 0 Å². The lowest BCUT2D eigenvalue weighted by atomic mass is 10.0. The maximum Gasteiger partial charge on any atom is 0.264 e. The Morgan fingerprint density at radius 1 is 0.891 bits per heavy atom. The average Bonchev–Trinajstić information content (AvgIpc) is 3.06. The standard InChI is InChI=1S/C35H37BrClN3O5S/c1-4-25(2)38-35(42)33(22-26-8-6-5-7-9-26)39(23-27-10-12-28(36)13-11-27)34(41)24-40(30-16-14-29(37)15-17-30)46(43,44)32-20-18-31(45-3)19-21-32/h5-21,25,33H,4,22-24H2,1-3H3,(H,38,42)/t25-,33+/m1/s1. The minimum Gasteiger partial charge on any atom is -0.497 e. The second kappa shape index (κ2) is 16.1. The number of sulfonamides is 1. The van der Waals surface area contributed by atoms with Crippen LogP contribution >= 0.6 is 27.5 Å². The van der Waals surface area contributed by atoms with Crippen molar-refractivity contribution in [2.45, 2.75) is 50.2 Å². The molecule has 0 aliphatic heterocycles. The highest BCUT2D eigenvalue weighted by Gasteiger charge is 2.35. The number of anilines is 1. The predicted octanol–water partition coefficient (Wildman–Crippen LogP) is 6.86. The molecule has 242 valence electrons. The third-order valence-electron chi connectivity index (χ3n) is 7.58.